The summed E-state index contributed by atoms with van der Waals surface area (Å²) in [5.74, 6) is 5.53. The lowest BCUT2D eigenvalue weighted by atomic mass is 9.92. The fourth-order valence-corrected chi connectivity index (χ4v) is 2.61. The average molecular weight is 203 g/mol. The third-order valence-electron chi connectivity index (χ3n) is 3.34. The lowest BCUT2D eigenvalue weighted by molar-refractivity contribution is 0.710. The molecule has 1 aromatic heterocycles. The van der Waals surface area contributed by atoms with Crippen LogP contribution < -0.4 is 11.4 Å². The number of allylic oxidation sites excluding steroid dienone is 2. The van der Waals surface area contributed by atoms with E-state index in [0.29, 0.717) is 0 Å². The van der Waals surface area contributed by atoms with E-state index in [2.05, 4.69) is 4.98 Å². The number of nitrogen functional groups attached to an aromatic ring is 1. The molecular formula is C11H13N3O. The minimum atomic E-state index is -0.0908. The molecule has 0 saturated carbocycles. The molecule has 0 spiro atoms. The molecule has 2 aliphatic carbocycles. The summed E-state index contributed by atoms with van der Waals surface area (Å²) >= 11 is 0. The van der Waals surface area contributed by atoms with Gasteiger partial charge in [-0.3, -0.25) is 4.79 Å². The highest BCUT2D eigenvalue weighted by molar-refractivity contribution is 5.75. The number of fused-ring (bicyclic) bond motifs is 2. The SMILES string of the molecule is Nn1cnc2c(c1=O)C1=C(CCCC1)C2. The Morgan fingerprint density at radius 1 is 1.33 bits per heavy atom. The van der Waals surface area contributed by atoms with Crippen LogP contribution in [0.4, 0.5) is 0 Å². The van der Waals surface area contributed by atoms with Crippen molar-refractivity contribution < 1.29 is 0 Å². The van der Waals surface area contributed by atoms with Crippen molar-refractivity contribution in [1.82, 2.24) is 9.66 Å². The van der Waals surface area contributed by atoms with E-state index in [1.807, 2.05) is 0 Å². The maximum atomic E-state index is 11.9. The Labute approximate surface area is 87.4 Å². The van der Waals surface area contributed by atoms with E-state index < -0.39 is 0 Å². The van der Waals surface area contributed by atoms with Crippen LogP contribution in [0.25, 0.3) is 5.57 Å². The van der Waals surface area contributed by atoms with Crippen molar-refractivity contribution in [1.29, 1.82) is 0 Å². The lowest BCUT2D eigenvalue weighted by Crippen LogP contribution is -2.30. The maximum Gasteiger partial charge on any atom is 0.279 e. The number of hydrogen-bond acceptors (Lipinski definition) is 3. The highest BCUT2D eigenvalue weighted by Crippen LogP contribution is 2.38. The summed E-state index contributed by atoms with van der Waals surface area (Å²) in [5.41, 5.74) is 4.26. The molecule has 3 rings (SSSR count). The zero-order chi connectivity index (χ0) is 10.4. The molecule has 0 bridgehead atoms. The predicted octanol–water partition coefficient (Wildman–Crippen LogP) is 0.841. The normalized spacial score (nSPS) is 18.9. The van der Waals surface area contributed by atoms with E-state index in [1.165, 1.54) is 30.3 Å². The lowest BCUT2D eigenvalue weighted by Gasteiger charge is -2.13. The molecule has 0 fully saturated rings. The first-order valence-electron chi connectivity index (χ1n) is 5.34. The van der Waals surface area contributed by atoms with Gasteiger partial charge in [0.25, 0.3) is 5.56 Å². The zero-order valence-corrected chi connectivity index (χ0v) is 8.49. The number of nitrogens with two attached hydrogens (primary N) is 1. The van der Waals surface area contributed by atoms with E-state index in [4.69, 9.17) is 5.84 Å². The van der Waals surface area contributed by atoms with Gasteiger partial charge in [-0.15, -0.1) is 0 Å². The van der Waals surface area contributed by atoms with Gasteiger partial charge in [-0.25, -0.2) is 9.66 Å². The van der Waals surface area contributed by atoms with Gasteiger partial charge in [-0.05, 0) is 31.3 Å². The second-order valence-electron chi connectivity index (χ2n) is 4.24. The van der Waals surface area contributed by atoms with Gasteiger partial charge in [0, 0.05) is 6.42 Å². The quantitative estimate of drug-likeness (QED) is 0.635. The Kier molecular flexibility index (Phi) is 1.71. The first kappa shape index (κ1) is 8.71. The summed E-state index contributed by atoms with van der Waals surface area (Å²) in [5, 5.41) is 0. The molecule has 1 heterocycles. The Hall–Kier alpha value is -1.58. The largest absolute Gasteiger partial charge is 0.335 e. The van der Waals surface area contributed by atoms with E-state index in [9.17, 15) is 4.79 Å². The number of aromatic nitrogens is 2. The van der Waals surface area contributed by atoms with Crippen LogP contribution in [-0.4, -0.2) is 9.66 Å². The molecule has 4 heteroatoms. The number of nitrogens with zero attached hydrogens (tertiary/aromatic N) is 2. The standard InChI is InChI=1S/C11H13N3O/c12-14-6-13-9-5-7-3-1-2-4-8(7)10(9)11(14)15/h6H,1-5,12H2. The van der Waals surface area contributed by atoms with Crippen molar-refractivity contribution in [3.63, 3.8) is 0 Å². The molecule has 0 saturated heterocycles. The van der Waals surface area contributed by atoms with E-state index >= 15 is 0 Å². The second kappa shape index (κ2) is 2.95. The van der Waals surface area contributed by atoms with Crippen LogP contribution in [0, 0.1) is 0 Å². The van der Waals surface area contributed by atoms with Gasteiger partial charge >= 0.3 is 0 Å². The van der Waals surface area contributed by atoms with Crippen LogP contribution >= 0.6 is 0 Å². The van der Waals surface area contributed by atoms with Crippen molar-refractivity contribution in [3.05, 3.63) is 33.5 Å². The van der Waals surface area contributed by atoms with Crippen molar-refractivity contribution in [2.75, 3.05) is 5.84 Å². The van der Waals surface area contributed by atoms with Crippen LogP contribution in [0.2, 0.25) is 0 Å². The second-order valence-corrected chi connectivity index (χ2v) is 4.24. The first-order valence-corrected chi connectivity index (χ1v) is 5.34. The Morgan fingerprint density at radius 2 is 2.13 bits per heavy atom. The van der Waals surface area contributed by atoms with Gasteiger partial charge in [0.05, 0.1) is 11.3 Å². The molecule has 0 aliphatic heterocycles. The van der Waals surface area contributed by atoms with Crippen molar-refractivity contribution in [2.45, 2.75) is 32.1 Å². The fraction of sp³-hybridized carbons (Fsp3) is 0.455. The maximum absolute atomic E-state index is 11.9. The predicted molar refractivity (Wildman–Crippen MR) is 57.7 cm³/mol. The van der Waals surface area contributed by atoms with E-state index in [1.54, 1.807) is 0 Å². The number of rotatable bonds is 0. The van der Waals surface area contributed by atoms with Crippen molar-refractivity contribution >= 4 is 5.57 Å². The van der Waals surface area contributed by atoms with Gasteiger partial charge in [0.2, 0.25) is 0 Å². The van der Waals surface area contributed by atoms with Gasteiger partial charge in [0.1, 0.15) is 6.33 Å². The molecule has 15 heavy (non-hydrogen) atoms. The summed E-state index contributed by atoms with van der Waals surface area (Å²) < 4.78 is 1.09. The Bertz CT molecular complexity index is 513. The molecule has 4 nitrogen and oxygen atoms in total. The smallest absolute Gasteiger partial charge is 0.279 e. The third kappa shape index (κ3) is 1.14. The first-order chi connectivity index (χ1) is 7.27. The third-order valence-corrected chi connectivity index (χ3v) is 3.34. The van der Waals surface area contributed by atoms with Gasteiger partial charge in [0.15, 0.2) is 0 Å². The average Bonchev–Trinajstić information content (AvgIpc) is 2.62. The Morgan fingerprint density at radius 3 is 3.00 bits per heavy atom. The molecule has 2 N–H and O–H groups in total. The topological polar surface area (TPSA) is 60.9 Å². The van der Waals surface area contributed by atoms with Crippen LogP contribution in [-0.2, 0) is 6.42 Å². The molecule has 0 aromatic carbocycles. The molecule has 78 valence electrons. The summed E-state index contributed by atoms with van der Waals surface area (Å²) in [6.45, 7) is 0. The summed E-state index contributed by atoms with van der Waals surface area (Å²) in [7, 11) is 0. The zero-order valence-electron chi connectivity index (χ0n) is 8.49. The Balaban J connectivity index is 2.24. The summed E-state index contributed by atoms with van der Waals surface area (Å²) in [6.07, 6.45) is 6.83. The molecule has 0 unspecified atom stereocenters. The summed E-state index contributed by atoms with van der Waals surface area (Å²) in [4.78, 5) is 16.1. The number of hydrogen-bond donors (Lipinski definition) is 1. The fourth-order valence-electron chi connectivity index (χ4n) is 2.61. The van der Waals surface area contributed by atoms with Gasteiger partial charge in [-0.1, -0.05) is 5.57 Å². The van der Waals surface area contributed by atoms with Crippen LogP contribution in [0.1, 0.15) is 36.9 Å². The van der Waals surface area contributed by atoms with Crippen molar-refractivity contribution in [3.8, 4) is 0 Å². The van der Waals surface area contributed by atoms with Gasteiger partial charge in [-0.2, -0.15) is 0 Å². The highest BCUT2D eigenvalue weighted by atomic mass is 16.1. The molecule has 1 aromatic rings. The molecule has 0 radical (unpaired) electrons. The van der Waals surface area contributed by atoms with Crippen molar-refractivity contribution in [2.24, 2.45) is 0 Å². The summed E-state index contributed by atoms with van der Waals surface area (Å²) in [6, 6.07) is 0. The van der Waals surface area contributed by atoms with Crippen LogP contribution in [0.3, 0.4) is 0 Å². The minimum absolute atomic E-state index is 0.0908. The molecule has 2 aliphatic rings. The van der Waals surface area contributed by atoms with E-state index in [-0.39, 0.29) is 5.56 Å². The van der Waals surface area contributed by atoms with Crippen LogP contribution in [0.15, 0.2) is 16.7 Å². The molecule has 0 atom stereocenters. The van der Waals surface area contributed by atoms with Gasteiger partial charge < -0.3 is 5.84 Å². The highest BCUT2D eigenvalue weighted by Gasteiger charge is 2.27. The molecule has 0 amide bonds. The molecular weight excluding hydrogens is 190 g/mol. The van der Waals surface area contributed by atoms with Crippen LogP contribution in [0.5, 0.6) is 0 Å². The monoisotopic (exact) mass is 203 g/mol. The minimum Gasteiger partial charge on any atom is -0.335 e. The van der Waals surface area contributed by atoms with E-state index in [0.717, 1.165) is 35.2 Å².